The minimum absolute atomic E-state index is 0.117. The second-order valence-electron chi connectivity index (χ2n) is 23.9. The molecule has 4 unspecified atom stereocenters. The van der Waals surface area contributed by atoms with Crippen LogP contribution in [-0.4, -0.2) is 10.2 Å². The maximum absolute atomic E-state index is 14.5. The summed E-state index contributed by atoms with van der Waals surface area (Å²) in [6.45, 7) is 0. The van der Waals surface area contributed by atoms with Gasteiger partial charge in [0.05, 0.1) is 33.6 Å². The molecule has 0 radical (unpaired) electrons. The second kappa shape index (κ2) is 13.4. The number of carbonyl (C=O) groups is 1. The first-order chi connectivity index (χ1) is 36.5. The van der Waals surface area contributed by atoms with E-state index in [1.165, 1.54) is 165 Å². The smallest absolute Gasteiger partial charge is 0.166 e. The molecular formula is C71H48N2O. The number of benzene rings is 9. The molecule has 4 atom stereocenters. The first kappa shape index (κ1) is 39.5. The number of Topliss-reactive ketones (excluding diaryl/α,β-unsaturated/α-hetero) is 1. The zero-order chi connectivity index (χ0) is 48.0. The van der Waals surface area contributed by atoms with Crippen molar-refractivity contribution in [2.75, 3.05) is 0 Å². The van der Waals surface area contributed by atoms with Gasteiger partial charge in [0.2, 0.25) is 0 Å². The molecule has 2 aromatic heterocycles. The van der Waals surface area contributed by atoms with Crippen molar-refractivity contribution < 1.29 is 4.79 Å². The molecule has 0 amide bonds. The fourth-order valence-corrected chi connectivity index (χ4v) is 18.4. The van der Waals surface area contributed by atoms with E-state index in [2.05, 4.69) is 168 Å². The van der Waals surface area contributed by atoms with E-state index >= 15 is 0 Å². The summed E-state index contributed by atoms with van der Waals surface area (Å²) >= 11 is 0. The summed E-state index contributed by atoms with van der Waals surface area (Å²) in [4.78, 5) is 14.5. The fourth-order valence-electron chi connectivity index (χ4n) is 18.4. The zero-order valence-corrected chi connectivity index (χ0v) is 40.9. The van der Waals surface area contributed by atoms with Crippen LogP contribution in [0, 0.1) is 29.1 Å². The zero-order valence-electron chi connectivity index (χ0n) is 40.9. The predicted octanol–water partition coefficient (Wildman–Crippen LogP) is 17.5. The van der Waals surface area contributed by atoms with Crippen molar-refractivity contribution in [1.82, 2.24) is 4.40 Å². The van der Waals surface area contributed by atoms with Crippen LogP contribution in [0.15, 0.2) is 158 Å². The average molecular weight is 945 g/mol. The largest absolute Gasteiger partial charge is 0.308 e. The topological polar surface area (TPSA) is 45.3 Å². The van der Waals surface area contributed by atoms with Gasteiger partial charge >= 0.3 is 0 Å². The van der Waals surface area contributed by atoms with Crippen molar-refractivity contribution in [2.45, 2.75) is 74.5 Å². The Hall–Kier alpha value is -8.06. The highest BCUT2D eigenvalue weighted by molar-refractivity contribution is 6.32. The third-order valence-electron chi connectivity index (χ3n) is 20.8. The number of rotatable bonds is 0. The number of hydrogen-bond donors (Lipinski definition) is 0. The van der Waals surface area contributed by atoms with E-state index in [9.17, 15) is 10.1 Å². The van der Waals surface area contributed by atoms with Crippen molar-refractivity contribution in [3.63, 3.8) is 0 Å². The number of nitriles is 1. The van der Waals surface area contributed by atoms with Crippen molar-refractivity contribution in [3.8, 4) is 72.8 Å². The summed E-state index contributed by atoms with van der Waals surface area (Å²) in [5.74, 6) is 3.05. The number of aromatic nitrogens is 1. The van der Waals surface area contributed by atoms with Gasteiger partial charge in [-0.2, -0.15) is 5.26 Å². The lowest BCUT2D eigenvalue weighted by Crippen LogP contribution is -2.26. The summed E-state index contributed by atoms with van der Waals surface area (Å²) in [6.07, 6.45) is 9.13. The van der Waals surface area contributed by atoms with Crippen LogP contribution in [0.4, 0.5) is 0 Å². The molecule has 0 aliphatic heterocycles. The Balaban J connectivity index is 1.04. The second-order valence-corrected chi connectivity index (χ2v) is 23.9. The van der Waals surface area contributed by atoms with E-state index in [-0.39, 0.29) is 5.92 Å². The Kier molecular flexibility index (Phi) is 7.13. The van der Waals surface area contributed by atoms with E-state index in [4.69, 9.17) is 0 Å². The van der Waals surface area contributed by atoms with Gasteiger partial charge in [-0.15, -0.1) is 0 Å². The molecule has 11 aromatic rings. The Labute approximate surface area is 429 Å². The Bertz CT molecular complexity index is 4480. The van der Waals surface area contributed by atoms with Crippen LogP contribution in [0.5, 0.6) is 0 Å². The summed E-state index contributed by atoms with van der Waals surface area (Å²) in [6, 6.07) is 63.8. The van der Waals surface area contributed by atoms with Gasteiger partial charge in [0.15, 0.2) is 5.78 Å². The van der Waals surface area contributed by atoms with Gasteiger partial charge in [0, 0.05) is 38.6 Å². The predicted molar refractivity (Wildman–Crippen MR) is 297 cm³/mol. The molecule has 2 heterocycles. The molecule has 3 heteroatoms. The van der Waals surface area contributed by atoms with Crippen LogP contribution in [0.1, 0.15) is 124 Å². The molecule has 1 spiro atoms. The normalized spacial score (nSPS) is 23.1. The lowest BCUT2D eigenvalue weighted by molar-refractivity contribution is 0.0914. The molecule has 3 nitrogen and oxygen atoms in total. The highest BCUT2D eigenvalue weighted by Crippen LogP contribution is 2.66. The fraction of sp³-hybridized carbons (Fsp3) is 0.211. The quantitative estimate of drug-likeness (QED) is 0.152. The standard InChI is InChI=1S/C71H48N2O/c72-35-42-29-63-67(65-41-26-36-23-37(27-41)25-40(24-36)64(42)65)68-66-49-17-4-3-12-44(49)43-11-1-2-13-45(43)51-31-53-48-16-7-10-20-60(48)71(58-18-8-5-14-46(58)47-15-6-9-19-59(47)71)61(53)33-52(51)55(66)32-56-54-30-50-38-21-22-39(28-38)70(74)57(50)34-62(54)73(63)69(56)68/h1-20,29-34,36-41H,21-28H2. The molecule has 3 saturated carbocycles. The van der Waals surface area contributed by atoms with Gasteiger partial charge in [-0.25, -0.2) is 0 Å². The van der Waals surface area contributed by atoms with Gasteiger partial charge in [0.25, 0.3) is 0 Å². The third-order valence-corrected chi connectivity index (χ3v) is 20.8. The summed E-state index contributed by atoms with van der Waals surface area (Å²) < 4.78 is 2.55. The van der Waals surface area contributed by atoms with Crippen LogP contribution in [0.25, 0.3) is 105 Å². The van der Waals surface area contributed by atoms with Crippen LogP contribution in [-0.2, 0) is 5.41 Å². The van der Waals surface area contributed by atoms with Gasteiger partial charge in [-0.3, -0.25) is 4.79 Å². The van der Waals surface area contributed by atoms with Gasteiger partial charge < -0.3 is 4.40 Å². The van der Waals surface area contributed by atoms with Crippen LogP contribution in [0.2, 0.25) is 0 Å². The molecule has 9 aliphatic rings. The van der Waals surface area contributed by atoms with Crippen molar-refractivity contribution in [2.24, 2.45) is 17.8 Å². The first-order valence-electron chi connectivity index (χ1n) is 27.6. The van der Waals surface area contributed by atoms with Crippen LogP contribution >= 0.6 is 0 Å². The first-order valence-corrected chi connectivity index (χ1v) is 27.6. The molecule has 9 aliphatic carbocycles. The molecule has 0 N–H and O–H groups in total. The Morgan fingerprint density at radius 3 is 1.68 bits per heavy atom. The number of carbonyl (C=O) groups excluding carboxylic acids is 1. The molecule has 20 rings (SSSR count). The maximum Gasteiger partial charge on any atom is 0.166 e. The van der Waals surface area contributed by atoms with Crippen molar-refractivity contribution in [3.05, 3.63) is 208 Å². The minimum atomic E-state index is -0.508. The molecule has 3 fully saturated rings. The summed E-state index contributed by atoms with van der Waals surface area (Å²) in [5.41, 5.74) is 29.5. The van der Waals surface area contributed by atoms with E-state index in [1.807, 2.05) is 0 Å². The molecule has 348 valence electrons. The monoisotopic (exact) mass is 944 g/mol. The minimum Gasteiger partial charge on any atom is -0.308 e. The highest BCUT2D eigenvalue weighted by Gasteiger charge is 2.52. The van der Waals surface area contributed by atoms with Gasteiger partial charge in [0.1, 0.15) is 0 Å². The maximum atomic E-state index is 14.5. The van der Waals surface area contributed by atoms with Crippen molar-refractivity contribution >= 4 is 43.9 Å². The molecule has 9 aromatic carbocycles. The number of fused-ring (bicyclic) bond motifs is 29. The molecular weight excluding hydrogens is 897 g/mol. The van der Waals surface area contributed by atoms with Crippen LogP contribution < -0.4 is 0 Å². The summed E-state index contributed by atoms with van der Waals surface area (Å²) in [5, 5.41) is 16.5. The SMILES string of the molecule is N#Cc1cc2c(c3c1C1CC4CC(C1)CC3C4)c1c3c(cc4c5cc6c(cc5n2c41)C(=O)C1CCC6C1)-c1cc2c(cc1-c1ccccc1-c1ccccc1-3)-c1ccccc1C21c2ccccc2-c2ccccc21. The Morgan fingerprint density at radius 2 is 1.00 bits per heavy atom. The lowest BCUT2D eigenvalue weighted by Gasteiger charge is -2.38. The molecule has 0 saturated heterocycles. The number of nitrogens with zero attached hydrogens (tertiary/aromatic N) is 2. The van der Waals surface area contributed by atoms with Crippen LogP contribution in [0.3, 0.4) is 0 Å². The lowest BCUT2D eigenvalue weighted by atomic mass is 9.67. The summed E-state index contributed by atoms with van der Waals surface area (Å²) in [7, 11) is 0. The van der Waals surface area contributed by atoms with Crippen molar-refractivity contribution in [1.29, 1.82) is 5.26 Å². The highest BCUT2D eigenvalue weighted by atomic mass is 16.1. The number of ketones is 1. The average Bonchev–Trinajstić information content (AvgIpc) is 4.38. The molecule has 74 heavy (non-hydrogen) atoms. The van der Waals surface area contributed by atoms with Gasteiger partial charge in [-0.1, -0.05) is 121 Å². The van der Waals surface area contributed by atoms with Gasteiger partial charge in [-0.05, 0) is 217 Å². The van der Waals surface area contributed by atoms with E-state index < -0.39 is 5.41 Å². The van der Waals surface area contributed by atoms with E-state index in [1.54, 1.807) is 0 Å². The number of hydrogen-bond acceptors (Lipinski definition) is 2. The third kappa shape index (κ3) is 4.47. The Morgan fingerprint density at radius 1 is 0.432 bits per heavy atom. The van der Waals surface area contributed by atoms with E-state index in [0.29, 0.717) is 35.4 Å². The van der Waals surface area contributed by atoms with E-state index in [0.717, 1.165) is 41.4 Å². The molecule has 6 bridgehead atoms.